The molecule has 0 fully saturated rings. The Kier molecular flexibility index (Phi) is 7.25. The van der Waals surface area contributed by atoms with Gasteiger partial charge in [0.25, 0.3) is 5.91 Å². The van der Waals surface area contributed by atoms with Crippen molar-refractivity contribution in [1.29, 1.82) is 0 Å². The molecular weight excluding hydrogens is 388 g/mol. The summed E-state index contributed by atoms with van der Waals surface area (Å²) in [7, 11) is 0. The average molecular weight is 409 g/mol. The van der Waals surface area contributed by atoms with Crippen molar-refractivity contribution >= 4 is 23.7 Å². The number of hydrazone groups is 1. The van der Waals surface area contributed by atoms with Crippen LogP contribution in [0.5, 0.6) is 11.5 Å². The number of benzene rings is 3. The van der Waals surface area contributed by atoms with Gasteiger partial charge in [-0.3, -0.25) is 4.79 Å². The lowest BCUT2D eigenvalue weighted by Crippen LogP contribution is -2.24. The van der Waals surface area contributed by atoms with Gasteiger partial charge in [-0.2, -0.15) is 5.10 Å². The summed E-state index contributed by atoms with van der Waals surface area (Å²) in [4.78, 5) is 11.8. The molecule has 3 rings (SSSR count). The smallest absolute Gasteiger partial charge is 0.277 e. The Labute approximate surface area is 174 Å². The zero-order chi connectivity index (χ0) is 20.5. The molecule has 5 nitrogen and oxygen atoms in total. The van der Waals surface area contributed by atoms with Crippen molar-refractivity contribution in [3.05, 3.63) is 94.5 Å². The van der Waals surface area contributed by atoms with Gasteiger partial charge in [-0.15, -0.1) is 0 Å². The first-order chi connectivity index (χ1) is 14.1. The van der Waals surface area contributed by atoms with Crippen LogP contribution in [-0.4, -0.2) is 18.7 Å². The van der Waals surface area contributed by atoms with Crippen molar-refractivity contribution in [2.24, 2.45) is 5.10 Å². The maximum atomic E-state index is 11.8. The molecule has 0 aromatic heterocycles. The van der Waals surface area contributed by atoms with Gasteiger partial charge in [0, 0.05) is 5.02 Å². The summed E-state index contributed by atoms with van der Waals surface area (Å²) < 4.78 is 11.2. The maximum absolute atomic E-state index is 11.8. The topological polar surface area (TPSA) is 59.9 Å². The third-order valence-electron chi connectivity index (χ3n) is 4.03. The van der Waals surface area contributed by atoms with Gasteiger partial charge in [-0.05, 0) is 66.1 Å². The molecule has 0 unspecified atom stereocenters. The fraction of sp³-hybridized carbons (Fsp3) is 0.130. The second kappa shape index (κ2) is 10.3. The molecule has 0 atom stereocenters. The molecular formula is C23H21ClN2O3. The Morgan fingerprint density at radius 3 is 2.45 bits per heavy atom. The Balaban J connectivity index is 1.42. The number of hydrogen-bond acceptors (Lipinski definition) is 4. The van der Waals surface area contributed by atoms with E-state index < -0.39 is 0 Å². The van der Waals surface area contributed by atoms with Crippen LogP contribution in [0.2, 0.25) is 5.02 Å². The summed E-state index contributed by atoms with van der Waals surface area (Å²) in [5.41, 5.74) is 5.27. The third kappa shape index (κ3) is 6.66. The lowest BCUT2D eigenvalue weighted by molar-refractivity contribution is -0.123. The number of halogens is 1. The standard InChI is InChI=1S/C23H21ClN2O3/c1-17-13-21(11-12-22(17)24)29-16-23(27)26-25-14-18-7-9-20(10-8-18)28-15-19-5-3-2-4-6-19/h2-14H,15-16H2,1H3,(H,26,27)/b25-14+. The summed E-state index contributed by atoms with van der Waals surface area (Å²) >= 11 is 5.96. The molecule has 6 heteroatoms. The minimum atomic E-state index is -0.350. The number of amides is 1. The molecule has 148 valence electrons. The van der Waals surface area contributed by atoms with Crippen molar-refractivity contribution in [2.75, 3.05) is 6.61 Å². The van der Waals surface area contributed by atoms with E-state index in [4.69, 9.17) is 21.1 Å². The second-order valence-corrected chi connectivity index (χ2v) is 6.74. The highest BCUT2D eigenvalue weighted by atomic mass is 35.5. The number of nitrogens with zero attached hydrogens (tertiary/aromatic N) is 1. The first-order valence-corrected chi connectivity index (χ1v) is 9.45. The van der Waals surface area contributed by atoms with Crippen LogP contribution in [0.1, 0.15) is 16.7 Å². The number of ether oxygens (including phenoxy) is 2. The molecule has 29 heavy (non-hydrogen) atoms. The van der Waals surface area contributed by atoms with Crippen LogP contribution in [0, 0.1) is 6.92 Å². The van der Waals surface area contributed by atoms with Gasteiger partial charge in [0.1, 0.15) is 18.1 Å². The van der Waals surface area contributed by atoms with Gasteiger partial charge in [0.2, 0.25) is 0 Å². The summed E-state index contributed by atoms with van der Waals surface area (Å²) in [5, 5.41) is 4.60. The number of carbonyl (C=O) groups is 1. The molecule has 0 aliphatic rings. The maximum Gasteiger partial charge on any atom is 0.277 e. The van der Waals surface area contributed by atoms with Gasteiger partial charge in [-0.1, -0.05) is 41.9 Å². The number of carbonyl (C=O) groups excluding carboxylic acids is 1. The van der Waals surface area contributed by atoms with E-state index in [9.17, 15) is 4.79 Å². The lowest BCUT2D eigenvalue weighted by atomic mass is 10.2. The molecule has 0 radical (unpaired) electrons. The van der Waals surface area contributed by atoms with Crippen LogP contribution in [-0.2, 0) is 11.4 Å². The van der Waals surface area contributed by atoms with E-state index in [-0.39, 0.29) is 12.5 Å². The largest absolute Gasteiger partial charge is 0.489 e. The van der Waals surface area contributed by atoms with Crippen LogP contribution in [0.3, 0.4) is 0 Å². The molecule has 3 aromatic carbocycles. The highest BCUT2D eigenvalue weighted by Crippen LogP contribution is 2.20. The number of aryl methyl sites for hydroxylation is 1. The van der Waals surface area contributed by atoms with E-state index in [0.717, 1.165) is 22.4 Å². The fourth-order valence-electron chi connectivity index (χ4n) is 2.46. The lowest BCUT2D eigenvalue weighted by Gasteiger charge is -2.07. The Morgan fingerprint density at radius 1 is 1.00 bits per heavy atom. The number of nitrogens with one attached hydrogen (secondary N) is 1. The van der Waals surface area contributed by atoms with Crippen LogP contribution >= 0.6 is 11.6 Å². The molecule has 0 saturated heterocycles. The van der Waals surface area contributed by atoms with Crippen molar-refractivity contribution in [1.82, 2.24) is 5.43 Å². The zero-order valence-electron chi connectivity index (χ0n) is 16.0. The molecule has 3 aromatic rings. The third-order valence-corrected chi connectivity index (χ3v) is 4.45. The average Bonchev–Trinajstić information content (AvgIpc) is 2.75. The van der Waals surface area contributed by atoms with Crippen LogP contribution in [0.4, 0.5) is 0 Å². The van der Waals surface area contributed by atoms with Crippen LogP contribution in [0.15, 0.2) is 77.9 Å². The summed E-state index contributed by atoms with van der Waals surface area (Å²) in [5.74, 6) is 0.996. The predicted octanol–water partition coefficient (Wildman–Crippen LogP) is 4.76. The minimum absolute atomic E-state index is 0.134. The molecule has 0 bridgehead atoms. The van der Waals surface area contributed by atoms with Crippen molar-refractivity contribution in [2.45, 2.75) is 13.5 Å². The van der Waals surface area contributed by atoms with Crippen molar-refractivity contribution < 1.29 is 14.3 Å². The normalized spacial score (nSPS) is 10.7. The molecule has 0 saturated carbocycles. The highest BCUT2D eigenvalue weighted by Gasteiger charge is 2.03. The summed E-state index contributed by atoms with van der Waals surface area (Å²) in [6, 6.07) is 22.6. The Morgan fingerprint density at radius 2 is 1.72 bits per heavy atom. The number of hydrogen-bond donors (Lipinski definition) is 1. The Hall–Kier alpha value is -3.31. The zero-order valence-corrected chi connectivity index (χ0v) is 16.7. The Bertz CT molecular complexity index is 973. The summed E-state index contributed by atoms with van der Waals surface area (Å²) in [6.07, 6.45) is 1.56. The molecule has 0 aliphatic heterocycles. The quantitative estimate of drug-likeness (QED) is 0.432. The number of rotatable bonds is 8. The second-order valence-electron chi connectivity index (χ2n) is 6.34. The first kappa shape index (κ1) is 20.4. The monoisotopic (exact) mass is 408 g/mol. The molecule has 0 spiro atoms. The van der Waals surface area contributed by atoms with Gasteiger partial charge in [-0.25, -0.2) is 5.43 Å². The molecule has 0 aliphatic carbocycles. The van der Waals surface area contributed by atoms with E-state index >= 15 is 0 Å². The van der Waals surface area contributed by atoms with E-state index in [0.29, 0.717) is 17.4 Å². The van der Waals surface area contributed by atoms with Gasteiger partial charge in [0.05, 0.1) is 6.21 Å². The van der Waals surface area contributed by atoms with Crippen LogP contribution < -0.4 is 14.9 Å². The molecule has 1 amide bonds. The SMILES string of the molecule is Cc1cc(OCC(=O)N/N=C/c2ccc(OCc3ccccc3)cc2)ccc1Cl. The van der Waals surface area contributed by atoms with Crippen molar-refractivity contribution in [3.63, 3.8) is 0 Å². The predicted molar refractivity (Wildman–Crippen MR) is 115 cm³/mol. The first-order valence-electron chi connectivity index (χ1n) is 9.08. The van der Waals surface area contributed by atoms with Gasteiger partial charge in [0.15, 0.2) is 6.61 Å². The van der Waals surface area contributed by atoms with E-state index in [1.807, 2.05) is 61.5 Å². The van der Waals surface area contributed by atoms with Crippen molar-refractivity contribution in [3.8, 4) is 11.5 Å². The van der Waals surface area contributed by atoms with Gasteiger partial charge < -0.3 is 9.47 Å². The molecule has 1 N–H and O–H groups in total. The molecule has 0 heterocycles. The van der Waals surface area contributed by atoms with Crippen LogP contribution in [0.25, 0.3) is 0 Å². The highest BCUT2D eigenvalue weighted by molar-refractivity contribution is 6.31. The summed E-state index contributed by atoms with van der Waals surface area (Å²) in [6.45, 7) is 2.25. The fourth-order valence-corrected chi connectivity index (χ4v) is 2.58. The van der Waals surface area contributed by atoms with E-state index in [2.05, 4.69) is 10.5 Å². The van der Waals surface area contributed by atoms with E-state index in [1.54, 1.807) is 24.4 Å². The van der Waals surface area contributed by atoms with Gasteiger partial charge >= 0.3 is 0 Å². The van der Waals surface area contributed by atoms with E-state index in [1.165, 1.54) is 0 Å². The minimum Gasteiger partial charge on any atom is -0.489 e.